The summed E-state index contributed by atoms with van der Waals surface area (Å²) in [5.74, 6) is -1.97. The summed E-state index contributed by atoms with van der Waals surface area (Å²) in [6, 6.07) is 0. The first-order chi connectivity index (χ1) is 8.18. The predicted molar refractivity (Wildman–Crippen MR) is 58.9 cm³/mol. The Balaban J connectivity index is 1.89. The van der Waals surface area contributed by atoms with Gasteiger partial charge in [-0.25, -0.2) is 4.98 Å². The molecule has 1 aliphatic rings. The van der Waals surface area contributed by atoms with Gasteiger partial charge in [0.05, 0.1) is 30.4 Å². The van der Waals surface area contributed by atoms with E-state index < -0.39 is 17.8 Å². The minimum atomic E-state index is -0.871. The van der Waals surface area contributed by atoms with E-state index in [9.17, 15) is 9.59 Å². The minimum Gasteiger partial charge on any atom is -0.481 e. The average Bonchev–Trinajstić information content (AvgIpc) is 2.96. The van der Waals surface area contributed by atoms with Crippen LogP contribution in [-0.4, -0.2) is 27.0 Å². The van der Waals surface area contributed by atoms with E-state index in [-0.39, 0.29) is 5.91 Å². The Kier molecular flexibility index (Phi) is 3.41. The second-order valence-electron chi connectivity index (χ2n) is 4.28. The lowest BCUT2D eigenvalue weighted by Gasteiger charge is -2.14. The maximum atomic E-state index is 11.8. The number of nitrogens with zero attached hydrogens (tertiary/aromatic N) is 1. The largest absolute Gasteiger partial charge is 0.481 e. The van der Waals surface area contributed by atoms with Crippen molar-refractivity contribution in [2.75, 3.05) is 0 Å². The highest BCUT2D eigenvalue weighted by molar-refractivity contribution is 5.85. The lowest BCUT2D eigenvalue weighted by atomic mass is 9.95. The molecule has 1 aliphatic carbocycles. The molecule has 0 aliphatic heterocycles. The van der Waals surface area contributed by atoms with E-state index in [4.69, 9.17) is 5.11 Å². The summed E-state index contributed by atoms with van der Waals surface area (Å²) in [4.78, 5) is 29.5. The molecule has 0 radical (unpaired) electrons. The molecule has 0 aromatic carbocycles. The molecular weight excluding hydrogens is 222 g/mol. The van der Waals surface area contributed by atoms with Crippen molar-refractivity contribution in [3.63, 3.8) is 0 Å². The number of rotatable bonds is 4. The number of hydrogen-bond acceptors (Lipinski definition) is 3. The molecule has 1 aromatic heterocycles. The van der Waals surface area contributed by atoms with Gasteiger partial charge in [-0.15, -0.1) is 0 Å². The van der Waals surface area contributed by atoms with Gasteiger partial charge in [0, 0.05) is 6.20 Å². The maximum Gasteiger partial charge on any atom is 0.307 e. The van der Waals surface area contributed by atoms with Crippen molar-refractivity contribution in [3.05, 3.63) is 18.2 Å². The predicted octanol–water partition coefficient (Wildman–Crippen LogP) is 0.527. The molecule has 1 fully saturated rings. The zero-order valence-corrected chi connectivity index (χ0v) is 9.35. The number of imidazole rings is 1. The Morgan fingerprint density at radius 1 is 1.47 bits per heavy atom. The third-order valence-electron chi connectivity index (χ3n) is 3.18. The van der Waals surface area contributed by atoms with Gasteiger partial charge in [-0.3, -0.25) is 9.59 Å². The molecule has 6 heteroatoms. The van der Waals surface area contributed by atoms with Crippen LogP contribution in [0.3, 0.4) is 0 Å². The molecule has 6 nitrogen and oxygen atoms in total. The zero-order chi connectivity index (χ0) is 12.3. The van der Waals surface area contributed by atoms with Gasteiger partial charge in [-0.1, -0.05) is 6.42 Å². The molecule has 0 spiro atoms. The first-order valence-corrected chi connectivity index (χ1v) is 5.66. The molecule has 1 amide bonds. The van der Waals surface area contributed by atoms with Gasteiger partial charge in [0.1, 0.15) is 0 Å². The van der Waals surface area contributed by atoms with Gasteiger partial charge >= 0.3 is 5.97 Å². The molecule has 17 heavy (non-hydrogen) atoms. The molecular formula is C11H15N3O3. The molecule has 0 bridgehead atoms. The molecule has 2 atom stereocenters. The summed E-state index contributed by atoms with van der Waals surface area (Å²) >= 11 is 0. The summed E-state index contributed by atoms with van der Waals surface area (Å²) in [7, 11) is 0. The summed E-state index contributed by atoms with van der Waals surface area (Å²) in [6.07, 6.45) is 5.23. The smallest absolute Gasteiger partial charge is 0.307 e. The van der Waals surface area contributed by atoms with E-state index in [0.29, 0.717) is 19.4 Å². The van der Waals surface area contributed by atoms with Crippen molar-refractivity contribution >= 4 is 11.9 Å². The molecule has 1 aromatic rings. The number of nitrogens with one attached hydrogen (secondary N) is 2. The third-order valence-corrected chi connectivity index (χ3v) is 3.18. The quantitative estimate of drug-likeness (QED) is 0.711. The topological polar surface area (TPSA) is 95.1 Å². The lowest BCUT2D eigenvalue weighted by molar-refractivity contribution is -0.146. The number of carbonyl (C=O) groups is 2. The Hall–Kier alpha value is -1.85. The van der Waals surface area contributed by atoms with Crippen LogP contribution in [0.4, 0.5) is 0 Å². The van der Waals surface area contributed by atoms with Crippen molar-refractivity contribution in [2.24, 2.45) is 11.8 Å². The van der Waals surface area contributed by atoms with Gasteiger partial charge in [-0.2, -0.15) is 0 Å². The number of hydrogen-bond donors (Lipinski definition) is 3. The van der Waals surface area contributed by atoms with Crippen LogP contribution >= 0.6 is 0 Å². The van der Waals surface area contributed by atoms with Crippen molar-refractivity contribution in [3.8, 4) is 0 Å². The van der Waals surface area contributed by atoms with E-state index in [1.165, 1.54) is 6.33 Å². The lowest BCUT2D eigenvalue weighted by Crippen LogP contribution is -2.34. The first kappa shape index (κ1) is 11.6. The summed E-state index contributed by atoms with van der Waals surface area (Å²) in [5.41, 5.74) is 0.809. The molecule has 1 heterocycles. The summed E-state index contributed by atoms with van der Waals surface area (Å²) in [6.45, 7) is 0.363. The molecule has 92 valence electrons. The Labute approximate surface area is 98.4 Å². The zero-order valence-electron chi connectivity index (χ0n) is 9.35. The van der Waals surface area contributed by atoms with Gasteiger partial charge in [-0.05, 0) is 12.8 Å². The van der Waals surface area contributed by atoms with Gasteiger partial charge in [0.2, 0.25) is 5.91 Å². The van der Waals surface area contributed by atoms with Crippen LogP contribution in [-0.2, 0) is 16.1 Å². The second kappa shape index (κ2) is 4.99. The molecule has 3 N–H and O–H groups in total. The summed E-state index contributed by atoms with van der Waals surface area (Å²) < 4.78 is 0. The fraction of sp³-hybridized carbons (Fsp3) is 0.545. The number of aromatic nitrogens is 2. The van der Waals surface area contributed by atoms with E-state index in [2.05, 4.69) is 15.3 Å². The molecule has 0 unspecified atom stereocenters. The van der Waals surface area contributed by atoms with Crippen LogP contribution in [0.2, 0.25) is 0 Å². The highest BCUT2D eigenvalue weighted by Gasteiger charge is 2.37. The van der Waals surface area contributed by atoms with Crippen molar-refractivity contribution < 1.29 is 14.7 Å². The number of H-pyrrole nitrogens is 1. The van der Waals surface area contributed by atoms with E-state index in [1.807, 2.05) is 0 Å². The van der Waals surface area contributed by atoms with Crippen molar-refractivity contribution in [1.82, 2.24) is 15.3 Å². The van der Waals surface area contributed by atoms with E-state index >= 15 is 0 Å². The van der Waals surface area contributed by atoms with Gasteiger partial charge < -0.3 is 15.4 Å². The summed E-state index contributed by atoms with van der Waals surface area (Å²) in [5, 5.41) is 11.7. The minimum absolute atomic E-state index is 0.176. The molecule has 1 saturated carbocycles. The second-order valence-corrected chi connectivity index (χ2v) is 4.28. The number of aromatic amines is 1. The number of aliphatic carboxylic acids is 1. The maximum absolute atomic E-state index is 11.8. The number of carboxylic acids is 1. The monoisotopic (exact) mass is 237 g/mol. The van der Waals surface area contributed by atoms with Crippen molar-refractivity contribution in [2.45, 2.75) is 25.8 Å². The van der Waals surface area contributed by atoms with E-state index in [0.717, 1.165) is 12.1 Å². The standard InChI is InChI=1S/C11H15N3O3/c15-10(13-5-7-4-12-6-14-7)8-2-1-3-9(8)11(16)17/h4,6,8-9H,1-3,5H2,(H,12,14)(H,13,15)(H,16,17)/t8-,9+/m1/s1. The van der Waals surface area contributed by atoms with Crippen LogP contribution in [0, 0.1) is 11.8 Å². The van der Waals surface area contributed by atoms with Crippen LogP contribution in [0.15, 0.2) is 12.5 Å². The molecule has 0 saturated heterocycles. The van der Waals surface area contributed by atoms with E-state index in [1.54, 1.807) is 6.20 Å². The highest BCUT2D eigenvalue weighted by Crippen LogP contribution is 2.31. The van der Waals surface area contributed by atoms with Crippen LogP contribution < -0.4 is 5.32 Å². The van der Waals surface area contributed by atoms with Crippen LogP contribution in [0.25, 0.3) is 0 Å². The van der Waals surface area contributed by atoms with Crippen LogP contribution in [0.1, 0.15) is 25.0 Å². The average molecular weight is 237 g/mol. The third kappa shape index (κ3) is 2.64. The van der Waals surface area contributed by atoms with Gasteiger partial charge in [0.25, 0.3) is 0 Å². The fourth-order valence-electron chi connectivity index (χ4n) is 2.26. The van der Waals surface area contributed by atoms with Gasteiger partial charge in [0.15, 0.2) is 0 Å². The number of carbonyl (C=O) groups excluding carboxylic acids is 1. The Morgan fingerprint density at radius 2 is 2.24 bits per heavy atom. The highest BCUT2D eigenvalue weighted by atomic mass is 16.4. The first-order valence-electron chi connectivity index (χ1n) is 5.66. The van der Waals surface area contributed by atoms with Crippen molar-refractivity contribution in [1.29, 1.82) is 0 Å². The fourth-order valence-corrected chi connectivity index (χ4v) is 2.26. The Morgan fingerprint density at radius 3 is 2.88 bits per heavy atom. The number of amides is 1. The normalized spacial score (nSPS) is 23.5. The Bertz CT molecular complexity index is 402. The number of carboxylic acid groups (broad SMARTS) is 1. The molecule has 2 rings (SSSR count). The SMILES string of the molecule is O=C(O)[C@H]1CCC[C@H]1C(=O)NCc1cnc[nH]1. The van der Waals surface area contributed by atoms with Crippen LogP contribution in [0.5, 0.6) is 0 Å².